The summed E-state index contributed by atoms with van der Waals surface area (Å²) in [7, 11) is 0. The van der Waals surface area contributed by atoms with Crippen LogP contribution in [-0.4, -0.2) is 11.5 Å². The van der Waals surface area contributed by atoms with E-state index in [1.165, 1.54) is 6.07 Å². The molecule has 3 nitrogen and oxygen atoms in total. The molecule has 0 amide bonds. The Morgan fingerprint density at radius 3 is 2.70 bits per heavy atom. The number of fused-ring (bicyclic) bond motifs is 1. The van der Waals surface area contributed by atoms with E-state index in [1.807, 2.05) is 24.3 Å². The third kappa shape index (κ3) is 3.04. The molecule has 0 spiro atoms. The Kier molecular flexibility index (Phi) is 4.02. The highest BCUT2D eigenvalue weighted by molar-refractivity contribution is 9.10. The molecule has 1 aliphatic rings. The van der Waals surface area contributed by atoms with Gasteiger partial charge in [-0.15, -0.1) is 0 Å². The summed E-state index contributed by atoms with van der Waals surface area (Å²) in [6.07, 6.45) is -3.84. The quantitative estimate of drug-likeness (QED) is 0.739. The second kappa shape index (κ2) is 5.85. The first-order chi connectivity index (χ1) is 10.9. The van der Waals surface area contributed by atoms with Crippen LogP contribution in [0.4, 0.5) is 19.0 Å². The normalized spacial score (nSPS) is 14.3. The number of rotatable bonds is 1. The molecule has 0 fully saturated rings. The van der Waals surface area contributed by atoms with Crippen LogP contribution >= 0.6 is 15.9 Å². The van der Waals surface area contributed by atoms with E-state index in [0.717, 1.165) is 21.7 Å². The van der Waals surface area contributed by atoms with Gasteiger partial charge in [0.1, 0.15) is 17.6 Å². The zero-order valence-electron chi connectivity index (χ0n) is 11.9. The summed E-state index contributed by atoms with van der Waals surface area (Å²) < 4.78 is 39.6. The van der Waals surface area contributed by atoms with Crippen LogP contribution < -0.4 is 4.90 Å². The maximum atomic E-state index is 12.9. The van der Waals surface area contributed by atoms with Crippen molar-refractivity contribution < 1.29 is 13.2 Å². The van der Waals surface area contributed by atoms with E-state index in [4.69, 9.17) is 0 Å². The van der Waals surface area contributed by atoms with Crippen LogP contribution in [0.15, 0.2) is 34.8 Å². The molecule has 118 valence electrons. The van der Waals surface area contributed by atoms with Gasteiger partial charge in [-0.25, -0.2) is 4.98 Å². The first-order valence-corrected chi connectivity index (χ1v) is 7.69. The number of hydrogen-bond donors (Lipinski definition) is 0. The Morgan fingerprint density at radius 2 is 2.00 bits per heavy atom. The highest BCUT2D eigenvalue weighted by Gasteiger charge is 2.34. The van der Waals surface area contributed by atoms with Crippen molar-refractivity contribution in [2.24, 2.45) is 0 Å². The second-order valence-corrected chi connectivity index (χ2v) is 6.08. The molecule has 1 aromatic carbocycles. The lowest BCUT2D eigenvalue weighted by Gasteiger charge is -2.31. The van der Waals surface area contributed by atoms with Gasteiger partial charge in [0.15, 0.2) is 0 Å². The molecule has 0 aliphatic carbocycles. The third-order valence-electron chi connectivity index (χ3n) is 3.80. The molecule has 0 N–H and O–H groups in total. The monoisotopic (exact) mass is 381 g/mol. The molecule has 0 bridgehead atoms. The van der Waals surface area contributed by atoms with Crippen LogP contribution in [0.25, 0.3) is 0 Å². The van der Waals surface area contributed by atoms with E-state index in [2.05, 4.69) is 20.9 Å². The van der Waals surface area contributed by atoms with Crippen LogP contribution in [0, 0.1) is 11.3 Å². The fourth-order valence-corrected chi connectivity index (χ4v) is 3.19. The summed E-state index contributed by atoms with van der Waals surface area (Å²) in [4.78, 5) is 5.43. The minimum atomic E-state index is -4.53. The Balaban J connectivity index is 2.02. The van der Waals surface area contributed by atoms with Crippen molar-refractivity contribution in [1.82, 2.24) is 4.98 Å². The van der Waals surface area contributed by atoms with Crippen molar-refractivity contribution in [2.75, 3.05) is 11.4 Å². The zero-order valence-corrected chi connectivity index (χ0v) is 13.4. The number of anilines is 1. The van der Waals surface area contributed by atoms with Crippen LogP contribution in [0.2, 0.25) is 0 Å². The van der Waals surface area contributed by atoms with Gasteiger partial charge < -0.3 is 4.90 Å². The summed E-state index contributed by atoms with van der Waals surface area (Å²) in [5, 5.41) is 9.19. The Labute approximate surface area is 139 Å². The second-order valence-electron chi connectivity index (χ2n) is 5.23. The van der Waals surface area contributed by atoms with Gasteiger partial charge in [0.2, 0.25) is 0 Å². The van der Waals surface area contributed by atoms with Gasteiger partial charge in [-0.1, -0.05) is 28.1 Å². The first kappa shape index (κ1) is 15.8. The van der Waals surface area contributed by atoms with Crippen molar-refractivity contribution in [2.45, 2.75) is 19.1 Å². The Morgan fingerprint density at radius 1 is 1.22 bits per heavy atom. The molecule has 0 saturated heterocycles. The number of benzene rings is 1. The SMILES string of the molecule is N#Cc1ccc(C(F)(F)F)nc1N1CCc2cccc(Br)c2C1. The minimum Gasteiger partial charge on any atom is -0.351 e. The first-order valence-electron chi connectivity index (χ1n) is 6.89. The number of alkyl halides is 3. The van der Waals surface area contributed by atoms with Crippen LogP contribution in [-0.2, 0) is 19.1 Å². The van der Waals surface area contributed by atoms with E-state index in [0.29, 0.717) is 19.5 Å². The Hall–Kier alpha value is -2.07. The molecule has 23 heavy (non-hydrogen) atoms. The van der Waals surface area contributed by atoms with E-state index < -0.39 is 11.9 Å². The van der Waals surface area contributed by atoms with Gasteiger partial charge in [-0.2, -0.15) is 18.4 Å². The van der Waals surface area contributed by atoms with Crippen molar-refractivity contribution in [3.63, 3.8) is 0 Å². The summed E-state index contributed by atoms with van der Waals surface area (Å²) in [6.45, 7) is 0.937. The van der Waals surface area contributed by atoms with Crippen LogP contribution in [0.1, 0.15) is 22.4 Å². The fourth-order valence-electron chi connectivity index (χ4n) is 2.66. The number of nitrogens with zero attached hydrogens (tertiary/aromatic N) is 3. The lowest BCUT2D eigenvalue weighted by molar-refractivity contribution is -0.141. The minimum absolute atomic E-state index is 0.0868. The molecular weight excluding hydrogens is 371 g/mol. The summed E-state index contributed by atoms with van der Waals surface area (Å²) in [6, 6.07) is 9.78. The molecule has 0 radical (unpaired) electrons. The maximum Gasteiger partial charge on any atom is 0.433 e. The predicted octanol–water partition coefficient (Wildman–Crippen LogP) is 4.30. The molecule has 2 aromatic rings. The van der Waals surface area contributed by atoms with E-state index in [1.54, 1.807) is 4.90 Å². The fraction of sp³-hybridized carbons (Fsp3) is 0.250. The van der Waals surface area contributed by atoms with Gasteiger partial charge in [-0.3, -0.25) is 0 Å². The lowest BCUT2D eigenvalue weighted by atomic mass is 9.99. The van der Waals surface area contributed by atoms with Crippen molar-refractivity contribution >= 4 is 21.7 Å². The van der Waals surface area contributed by atoms with Crippen LogP contribution in [0.3, 0.4) is 0 Å². The predicted molar refractivity (Wildman–Crippen MR) is 82.9 cm³/mol. The highest BCUT2D eigenvalue weighted by atomic mass is 79.9. The molecular formula is C16H11BrF3N3. The van der Waals surface area contributed by atoms with Crippen LogP contribution in [0.5, 0.6) is 0 Å². The van der Waals surface area contributed by atoms with E-state index >= 15 is 0 Å². The largest absolute Gasteiger partial charge is 0.433 e. The molecule has 0 unspecified atom stereocenters. The lowest BCUT2D eigenvalue weighted by Crippen LogP contribution is -2.32. The van der Waals surface area contributed by atoms with Crippen molar-refractivity contribution in [3.8, 4) is 6.07 Å². The number of nitriles is 1. The summed E-state index contributed by atoms with van der Waals surface area (Å²) in [5.74, 6) is 0.0868. The molecule has 1 aromatic heterocycles. The molecule has 0 saturated carbocycles. The van der Waals surface area contributed by atoms with Crippen molar-refractivity contribution in [3.05, 3.63) is 57.2 Å². The number of pyridine rings is 1. The van der Waals surface area contributed by atoms with Gasteiger partial charge in [-0.05, 0) is 35.7 Å². The molecule has 0 atom stereocenters. The highest BCUT2D eigenvalue weighted by Crippen LogP contribution is 2.33. The van der Waals surface area contributed by atoms with Gasteiger partial charge >= 0.3 is 6.18 Å². The van der Waals surface area contributed by atoms with Gasteiger partial charge in [0.25, 0.3) is 0 Å². The maximum absolute atomic E-state index is 12.9. The number of halogens is 4. The van der Waals surface area contributed by atoms with Gasteiger partial charge in [0.05, 0.1) is 5.56 Å². The molecule has 7 heteroatoms. The average molecular weight is 382 g/mol. The van der Waals surface area contributed by atoms with E-state index in [-0.39, 0.29) is 11.4 Å². The molecule has 2 heterocycles. The number of hydrogen-bond acceptors (Lipinski definition) is 3. The zero-order chi connectivity index (χ0) is 16.6. The van der Waals surface area contributed by atoms with Crippen molar-refractivity contribution in [1.29, 1.82) is 5.26 Å². The number of aromatic nitrogens is 1. The standard InChI is InChI=1S/C16H11BrF3N3/c17-13-3-1-2-10-6-7-23(9-12(10)13)15-11(8-21)4-5-14(22-15)16(18,19)20/h1-5H,6-7,9H2. The smallest absolute Gasteiger partial charge is 0.351 e. The summed E-state index contributed by atoms with van der Waals surface area (Å²) >= 11 is 3.47. The molecule has 3 rings (SSSR count). The summed E-state index contributed by atoms with van der Waals surface area (Å²) in [5.41, 5.74) is 1.33. The average Bonchev–Trinajstić information content (AvgIpc) is 2.53. The van der Waals surface area contributed by atoms with Gasteiger partial charge in [0, 0.05) is 17.6 Å². The molecule has 1 aliphatic heterocycles. The Bertz CT molecular complexity index is 796. The topological polar surface area (TPSA) is 39.9 Å². The third-order valence-corrected chi connectivity index (χ3v) is 4.54. The van der Waals surface area contributed by atoms with E-state index in [9.17, 15) is 18.4 Å².